The Labute approximate surface area is 157 Å². The van der Waals surface area contributed by atoms with Crippen molar-refractivity contribution in [2.75, 3.05) is 24.7 Å². The molecule has 0 radical (unpaired) electrons. The fraction of sp³-hybridized carbons (Fsp3) is 0.316. The van der Waals surface area contributed by atoms with Gasteiger partial charge in [-0.25, -0.2) is 4.79 Å². The molecule has 132 valence electrons. The summed E-state index contributed by atoms with van der Waals surface area (Å²) in [6.45, 7) is 1.01. The van der Waals surface area contributed by atoms with Gasteiger partial charge in [0.25, 0.3) is 0 Å². The summed E-state index contributed by atoms with van der Waals surface area (Å²) in [4.78, 5) is 15.3. The summed E-state index contributed by atoms with van der Waals surface area (Å²) in [6, 6.07) is 14.9. The number of hydrogen-bond acceptors (Lipinski definition) is 3. The van der Waals surface area contributed by atoms with Crippen molar-refractivity contribution < 1.29 is 9.90 Å². The van der Waals surface area contributed by atoms with E-state index in [0.29, 0.717) is 31.0 Å². The molecule has 2 aromatic carbocycles. The number of amides is 2. The van der Waals surface area contributed by atoms with E-state index >= 15 is 0 Å². The molecule has 1 aliphatic rings. The quantitative estimate of drug-likeness (QED) is 0.771. The lowest BCUT2D eigenvalue weighted by Gasteiger charge is -2.38. The highest BCUT2D eigenvalue weighted by atomic mass is 35.5. The van der Waals surface area contributed by atoms with Gasteiger partial charge in [0.1, 0.15) is 0 Å². The molecule has 2 amide bonds. The molecule has 1 fully saturated rings. The minimum atomic E-state index is -0.903. The average Bonchev–Trinajstić information content (AvgIpc) is 2.63. The van der Waals surface area contributed by atoms with Crippen LogP contribution in [0.5, 0.6) is 0 Å². The zero-order valence-electron chi connectivity index (χ0n) is 14.0. The lowest BCUT2D eigenvalue weighted by atomic mass is 9.84. The largest absolute Gasteiger partial charge is 0.385 e. The van der Waals surface area contributed by atoms with Gasteiger partial charge in [-0.1, -0.05) is 29.8 Å². The normalized spacial score (nSPS) is 16.5. The molecule has 0 saturated carbocycles. The van der Waals surface area contributed by atoms with Crippen LogP contribution in [-0.2, 0) is 5.60 Å². The molecule has 0 unspecified atom stereocenters. The third-order valence-electron chi connectivity index (χ3n) is 4.58. The number of hydrogen-bond donors (Lipinski definition) is 2. The summed E-state index contributed by atoms with van der Waals surface area (Å²) >= 11 is 7.55. The Balaban J connectivity index is 1.61. The lowest BCUT2D eigenvalue weighted by Crippen LogP contribution is -2.46. The molecule has 1 heterocycles. The van der Waals surface area contributed by atoms with E-state index in [1.54, 1.807) is 28.8 Å². The first-order valence-corrected chi connectivity index (χ1v) is 9.79. The van der Waals surface area contributed by atoms with Gasteiger partial charge in [0.2, 0.25) is 0 Å². The van der Waals surface area contributed by atoms with Gasteiger partial charge in [0.15, 0.2) is 0 Å². The van der Waals surface area contributed by atoms with E-state index in [9.17, 15) is 9.90 Å². The van der Waals surface area contributed by atoms with Crippen molar-refractivity contribution in [1.82, 2.24) is 4.90 Å². The van der Waals surface area contributed by atoms with Crippen LogP contribution in [0.25, 0.3) is 0 Å². The molecule has 25 heavy (non-hydrogen) atoms. The molecule has 3 rings (SSSR count). The van der Waals surface area contributed by atoms with Gasteiger partial charge < -0.3 is 15.3 Å². The molecule has 0 aromatic heterocycles. The van der Waals surface area contributed by atoms with E-state index in [2.05, 4.69) is 5.32 Å². The second-order valence-corrected chi connectivity index (χ2v) is 7.50. The molecule has 2 N–H and O–H groups in total. The van der Waals surface area contributed by atoms with Crippen molar-refractivity contribution in [3.8, 4) is 0 Å². The Morgan fingerprint density at radius 3 is 2.52 bits per heavy atom. The van der Waals surface area contributed by atoms with Crippen molar-refractivity contribution in [2.45, 2.75) is 23.3 Å². The number of urea groups is 1. The number of piperidine rings is 1. The van der Waals surface area contributed by atoms with E-state index in [1.807, 2.05) is 42.7 Å². The van der Waals surface area contributed by atoms with Gasteiger partial charge in [0, 0.05) is 28.7 Å². The van der Waals surface area contributed by atoms with Crippen molar-refractivity contribution in [3.63, 3.8) is 0 Å². The molecule has 1 aliphatic heterocycles. The standard InChI is InChI=1S/C19H21ClN2O2S/c1-25-17-4-2-3-16(13-17)21-18(23)22-11-9-19(24,10-12-22)14-5-7-15(20)8-6-14/h2-8,13,24H,9-12H2,1H3,(H,21,23). The summed E-state index contributed by atoms with van der Waals surface area (Å²) in [6.07, 6.45) is 3.02. The molecule has 0 aliphatic carbocycles. The topological polar surface area (TPSA) is 52.6 Å². The van der Waals surface area contributed by atoms with Crippen molar-refractivity contribution >= 4 is 35.1 Å². The maximum atomic E-state index is 12.5. The lowest BCUT2D eigenvalue weighted by molar-refractivity contribution is -0.0156. The van der Waals surface area contributed by atoms with Crippen LogP contribution in [0.1, 0.15) is 18.4 Å². The molecule has 0 bridgehead atoms. The molecule has 0 atom stereocenters. The van der Waals surface area contributed by atoms with E-state index in [0.717, 1.165) is 16.1 Å². The van der Waals surface area contributed by atoms with Gasteiger partial charge in [0.05, 0.1) is 5.60 Å². The Bertz CT molecular complexity index is 743. The van der Waals surface area contributed by atoms with Crippen LogP contribution < -0.4 is 5.32 Å². The van der Waals surface area contributed by atoms with Crippen LogP contribution in [0.3, 0.4) is 0 Å². The third-order valence-corrected chi connectivity index (χ3v) is 5.56. The fourth-order valence-corrected chi connectivity index (χ4v) is 3.62. The minimum absolute atomic E-state index is 0.128. The van der Waals surface area contributed by atoms with Crippen LogP contribution in [0.2, 0.25) is 5.02 Å². The van der Waals surface area contributed by atoms with Crippen molar-refractivity contribution in [2.24, 2.45) is 0 Å². The zero-order valence-corrected chi connectivity index (χ0v) is 15.6. The van der Waals surface area contributed by atoms with Crippen molar-refractivity contribution in [3.05, 3.63) is 59.1 Å². The second kappa shape index (κ2) is 7.68. The van der Waals surface area contributed by atoms with Crippen LogP contribution in [0.15, 0.2) is 53.4 Å². The maximum Gasteiger partial charge on any atom is 0.321 e. The molecular formula is C19H21ClN2O2S. The number of rotatable bonds is 3. The first-order valence-electron chi connectivity index (χ1n) is 8.18. The number of anilines is 1. The van der Waals surface area contributed by atoms with Gasteiger partial charge in [-0.2, -0.15) is 0 Å². The Morgan fingerprint density at radius 1 is 1.20 bits per heavy atom. The van der Waals surface area contributed by atoms with Gasteiger partial charge in [-0.05, 0) is 55.0 Å². The molecule has 0 spiro atoms. The van der Waals surface area contributed by atoms with Crippen LogP contribution in [0.4, 0.5) is 10.5 Å². The van der Waals surface area contributed by atoms with Gasteiger partial charge >= 0.3 is 6.03 Å². The predicted octanol–water partition coefficient (Wildman–Crippen LogP) is 4.58. The smallest absolute Gasteiger partial charge is 0.321 e. The number of thioether (sulfide) groups is 1. The summed E-state index contributed by atoms with van der Waals surface area (Å²) in [5, 5.41) is 14.5. The van der Waals surface area contributed by atoms with E-state index in [4.69, 9.17) is 11.6 Å². The highest BCUT2D eigenvalue weighted by Crippen LogP contribution is 2.33. The second-order valence-electron chi connectivity index (χ2n) is 6.19. The number of nitrogens with one attached hydrogen (secondary N) is 1. The maximum absolute atomic E-state index is 12.5. The van der Waals surface area contributed by atoms with E-state index in [-0.39, 0.29) is 6.03 Å². The summed E-state index contributed by atoms with van der Waals surface area (Å²) in [5.41, 5.74) is 0.736. The summed E-state index contributed by atoms with van der Waals surface area (Å²) < 4.78 is 0. The number of carbonyl (C=O) groups is 1. The Morgan fingerprint density at radius 2 is 1.88 bits per heavy atom. The van der Waals surface area contributed by atoms with Crippen LogP contribution in [-0.4, -0.2) is 35.4 Å². The SMILES string of the molecule is CSc1cccc(NC(=O)N2CCC(O)(c3ccc(Cl)cc3)CC2)c1. The first-order chi connectivity index (χ1) is 12.0. The summed E-state index contributed by atoms with van der Waals surface area (Å²) in [7, 11) is 0. The number of benzene rings is 2. The molecule has 1 saturated heterocycles. The highest BCUT2D eigenvalue weighted by Gasteiger charge is 2.35. The number of nitrogens with zero attached hydrogens (tertiary/aromatic N) is 1. The molecular weight excluding hydrogens is 356 g/mol. The number of halogens is 1. The zero-order chi connectivity index (χ0) is 17.9. The Kier molecular flexibility index (Phi) is 5.57. The van der Waals surface area contributed by atoms with E-state index < -0.39 is 5.60 Å². The summed E-state index contributed by atoms with van der Waals surface area (Å²) in [5.74, 6) is 0. The highest BCUT2D eigenvalue weighted by molar-refractivity contribution is 7.98. The number of aliphatic hydroxyl groups is 1. The fourth-order valence-electron chi connectivity index (χ4n) is 3.03. The van der Waals surface area contributed by atoms with E-state index in [1.165, 1.54) is 0 Å². The minimum Gasteiger partial charge on any atom is -0.385 e. The molecule has 4 nitrogen and oxygen atoms in total. The number of likely N-dealkylation sites (tertiary alicyclic amines) is 1. The van der Waals surface area contributed by atoms with Crippen molar-refractivity contribution in [1.29, 1.82) is 0 Å². The average molecular weight is 377 g/mol. The Hall–Kier alpha value is -1.69. The first kappa shape index (κ1) is 18.1. The predicted molar refractivity (Wildman–Crippen MR) is 103 cm³/mol. The van der Waals surface area contributed by atoms with Crippen LogP contribution >= 0.6 is 23.4 Å². The van der Waals surface area contributed by atoms with Crippen LogP contribution in [0, 0.1) is 0 Å². The molecule has 6 heteroatoms. The molecule has 2 aromatic rings. The van der Waals surface area contributed by atoms with Gasteiger partial charge in [-0.3, -0.25) is 0 Å². The monoisotopic (exact) mass is 376 g/mol. The van der Waals surface area contributed by atoms with Gasteiger partial charge in [-0.15, -0.1) is 11.8 Å². The number of carbonyl (C=O) groups excluding carboxylic acids is 1. The third kappa shape index (κ3) is 4.29.